The van der Waals surface area contributed by atoms with Gasteiger partial charge in [-0.15, -0.1) is 0 Å². The molecule has 1 aliphatic rings. The minimum Gasteiger partial charge on any atom is -0.399 e. The van der Waals surface area contributed by atoms with E-state index in [0.29, 0.717) is 0 Å². The molecule has 0 saturated heterocycles. The molecular weight excluding hydrogens is 208 g/mol. The standard InChI is InChI=1S/C15H24N2/c1-2-9-17(11-13-5-3-6-13)12-14-7-4-8-15(16)10-14/h4,7-8,10,13H,2-3,5-6,9,11-12,16H2,1H3. The predicted octanol–water partition coefficient (Wildman–Crippen LogP) is 3.28. The van der Waals surface area contributed by atoms with E-state index in [1.165, 1.54) is 44.3 Å². The molecular formula is C15H24N2. The molecule has 1 fully saturated rings. The van der Waals surface area contributed by atoms with E-state index in [0.717, 1.165) is 18.2 Å². The number of nitrogens with zero attached hydrogens (tertiary/aromatic N) is 1. The summed E-state index contributed by atoms with van der Waals surface area (Å²) in [6, 6.07) is 8.29. The van der Waals surface area contributed by atoms with Crippen LogP contribution >= 0.6 is 0 Å². The molecule has 0 bridgehead atoms. The lowest BCUT2D eigenvalue weighted by atomic mass is 9.85. The molecule has 0 atom stereocenters. The maximum absolute atomic E-state index is 5.83. The third-order valence-electron chi connectivity index (χ3n) is 3.64. The molecule has 2 N–H and O–H groups in total. The number of anilines is 1. The molecule has 2 nitrogen and oxygen atoms in total. The quantitative estimate of drug-likeness (QED) is 0.763. The van der Waals surface area contributed by atoms with Crippen LogP contribution in [0.2, 0.25) is 0 Å². The molecule has 2 heteroatoms. The molecule has 0 radical (unpaired) electrons. The summed E-state index contributed by atoms with van der Waals surface area (Å²) in [5, 5.41) is 0. The third kappa shape index (κ3) is 3.74. The molecule has 94 valence electrons. The van der Waals surface area contributed by atoms with Crippen molar-refractivity contribution in [1.82, 2.24) is 4.90 Å². The number of hydrogen-bond acceptors (Lipinski definition) is 2. The van der Waals surface area contributed by atoms with Crippen molar-refractivity contribution in [2.24, 2.45) is 5.92 Å². The fourth-order valence-electron chi connectivity index (χ4n) is 2.54. The van der Waals surface area contributed by atoms with Crippen LogP contribution in [0.25, 0.3) is 0 Å². The van der Waals surface area contributed by atoms with Crippen molar-refractivity contribution in [3.05, 3.63) is 29.8 Å². The monoisotopic (exact) mass is 232 g/mol. The van der Waals surface area contributed by atoms with Gasteiger partial charge in [0.25, 0.3) is 0 Å². The van der Waals surface area contributed by atoms with Crippen LogP contribution in [0.15, 0.2) is 24.3 Å². The second-order valence-electron chi connectivity index (χ2n) is 5.28. The van der Waals surface area contributed by atoms with Gasteiger partial charge in [-0.25, -0.2) is 0 Å². The molecule has 0 aliphatic heterocycles. The van der Waals surface area contributed by atoms with E-state index in [4.69, 9.17) is 5.73 Å². The topological polar surface area (TPSA) is 29.3 Å². The van der Waals surface area contributed by atoms with Gasteiger partial charge in [0.1, 0.15) is 0 Å². The fraction of sp³-hybridized carbons (Fsp3) is 0.600. The SMILES string of the molecule is CCCN(Cc1cccc(N)c1)CC1CCC1. The lowest BCUT2D eigenvalue weighted by Gasteiger charge is -2.32. The zero-order valence-corrected chi connectivity index (χ0v) is 10.9. The molecule has 1 saturated carbocycles. The van der Waals surface area contributed by atoms with Crippen LogP contribution in [0.4, 0.5) is 5.69 Å². The van der Waals surface area contributed by atoms with Gasteiger partial charge in [-0.05, 0) is 49.4 Å². The van der Waals surface area contributed by atoms with Gasteiger partial charge in [-0.3, -0.25) is 4.90 Å². The molecule has 0 aromatic heterocycles. The first-order valence-corrected chi connectivity index (χ1v) is 6.84. The van der Waals surface area contributed by atoms with Crippen LogP contribution in [0.1, 0.15) is 38.2 Å². The second kappa shape index (κ2) is 6.06. The van der Waals surface area contributed by atoms with Gasteiger partial charge in [-0.2, -0.15) is 0 Å². The number of nitrogen functional groups attached to an aromatic ring is 1. The molecule has 0 spiro atoms. The summed E-state index contributed by atoms with van der Waals surface area (Å²) in [6.45, 7) is 5.77. The van der Waals surface area contributed by atoms with Crippen LogP contribution in [0.3, 0.4) is 0 Å². The Hall–Kier alpha value is -1.02. The zero-order chi connectivity index (χ0) is 12.1. The highest BCUT2D eigenvalue weighted by Crippen LogP contribution is 2.27. The van der Waals surface area contributed by atoms with E-state index in [9.17, 15) is 0 Å². The average Bonchev–Trinajstić information content (AvgIpc) is 2.23. The van der Waals surface area contributed by atoms with E-state index in [1.807, 2.05) is 6.07 Å². The third-order valence-corrected chi connectivity index (χ3v) is 3.64. The molecule has 0 unspecified atom stereocenters. The maximum Gasteiger partial charge on any atom is 0.0317 e. The van der Waals surface area contributed by atoms with Crippen molar-refractivity contribution in [3.63, 3.8) is 0 Å². The largest absolute Gasteiger partial charge is 0.399 e. The minimum atomic E-state index is 0.877. The summed E-state index contributed by atoms with van der Waals surface area (Å²) in [5.74, 6) is 0.947. The number of hydrogen-bond donors (Lipinski definition) is 1. The summed E-state index contributed by atoms with van der Waals surface area (Å²) >= 11 is 0. The Morgan fingerprint density at radius 1 is 1.35 bits per heavy atom. The lowest BCUT2D eigenvalue weighted by molar-refractivity contribution is 0.171. The zero-order valence-electron chi connectivity index (χ0n) is 10.9. The van der Waals surface area contributed by atoms with E-state index in [-0.39, 0.29) is 0 Å². The molecule has 2 rings (SSSR count). The van der Waals surface area contributed by atoms with Crippen LogP contribution in [-0.2, 0) is 6.54 Å². The normalized spacial score (nSPS) is 16.1. The first-order valence-electron chi connectivity index (χ1n) is 6.84. The minimum absolute atomic E-state index is 0.877. The van der Waals surface area contributed by atoms with E-state index in [1.54, 1.807) is 0 Å². The van der Waals surface area contributed by atoms with Crippen LogP contribution in [0, 0.1) is 5.92 Å². The summed E-state index contributed by atoms with van der Waals surface area (Å²) in [4.78, 5) is 2.58. The molecule has 1 aromatic carbocycles. The summed E-state index contributed by atoms with van der Waals surface area (Å²) in [6.07, 6.45) is 5.52. The first-order chi connectivity index (χ1) is 8.28. The Morgan fingerprint density at radius 3 is 2.76 bits per heavy atom. The highest BCUT2D eigenvalue weighted by molar-refractivity contribution is 5.40. The number of nitrogens with two attached hydrogens (primary N) is 1. The van der Waals surface area contributed by atoms with Gasteiger partial charge in [0.05, 0.1) is 0 Å². The van der Waals surface area contributed by atoms with E-state index < -0.39 is 0 Å². The van der Waals surface area contributed by atoms with E-state index >= 15 is 0 Å². The van der Waals surface area contributed by atoms with Gasteiger partial charge >= 0.3 is 0 Å². The van der Waals surface area contributed by atoms with Crippen molar-refractivity contribution in [3.8, 4) is 0 Å². The van der Waals surface area contributed by atoms with Crippen molar-refractivity contribution >= 4 is 5.69 Å². The molecule has 17 heavy (non-hydrogen) atoms. The van der Waals surface area contributed by atoms with Crippen molar-refractivity contribution in [1.29, 1.82) is 0 Å². The Balaban J connectivity index is 1.91. The van der Waals surface area contributed by atoms with Crippen molar-refractivity contribution in [2.75, 3.05) is 18.8 Å². The summed E-state index contributed by atoms with van der Waals surface area (Å²) < 4.78 is 0. The molecule has 0 heterocycles. The Labute approximate surface area is 105 Å². The number of rotatable bonds is 6. The van der Waals surface area contributed by atoms with Gasteiger partial charge in [0, 0.05) is 18.8 Å². The Morgan fingerprint density at radius 2 is 2.18 bits per heavy atom. The first kappa shape index (κ1) is 12.4. The van der Waals surface area contributed by atoms with Gasteiger partial charge < -0.3 is 5.73 Å². The predicted molar refractivity (Wildman–Crippen MR) is 73.8 cm³/mol. The molecule has 0 amide bonds. The lowest BCUT2D eigenvalue weighted by Crippen LogP contribution is -2.32. The Kier molecular flexibility index (Phi) is 4.43. The van der Waals surface area contributed by atoms with Gasteiger partial charge in [0.15, 0.2) is 0 Å². The Bertz CT molecular complexity index is 345. The highest BCUT2D eigenvalue weighted by Gasteiger charge is 2.20. The van der Waals surface area contributed by atoms with Crippen molar-refractivity contribution < 1.29 is 0 Å². The van der Waals surface area contributed by atoms with Crippen LogP contribution in [-0.4, -0.2) is 18.0 Å². The number of benzene rings is 1. The van der Waals surface area contributed by atoms with Gasteiger partial charge in [0.2, 0.25) is 0 Å². The van der Waals surface area contributed by atoms with Crippen LogP contribution in [0.5, 0.6) is 0 Å². The maximum atomic E-state index is 5.83. The van der Waals surface area contributed by atoms with Crippen LogP contribution < -0.4 is 5.73 Å². The van der Waals surface area contributed by atoms with E-state index in [2.05, 4.69) is 30.0 Å². The van der Waals surface area contributed by atoms with Crippen molar-refractivity contribution in [2.45, 2.75) is 39.2 Å². The average molecular weight is 232 g/mol. The molecule has 1 aliphatic carbocycles. The molecule has 1 aromatic rings. The summed E-state index contributed by atoms with van der Waals surface area (Å²) in [5.41, 5.74) is 8.05. The second-order valence-corrected chi connectivity index (χ2v) is 5.28. The highest BCUT2D eigenvalue weighted by atomic mass is 15.1. The van der Waals surface area contributed by atoms with Gasteiger partial charge in [-0.1, -0.05) is 25.5 Å². The summed E-state index contributed by atoms with van der Waals surface area (Å²) in [7, 11) is 0. The fourth-order valence-corrected chi connectivity index (χ4v) is 2.54. The smallest absolute Gasteiger partial charge is 0.0317 e.